The zero-order valence-corrected chi connectivity index (χ0v) is 11.2. The Hall–Kier alpha value is -1.06. The molecule has 95 valence electrons. The highest BCUT2D eigenvalue weighted by Gasteiger charge is 2.18. The van der Waals surface area contributed by atoms with E-state index in [0.717, 1.165) is 11.3 Å². The number of benzene rings is 1. The van der Waals surface area contributed by atoms with E-state index in [9.17, 15) is 0 Å². The highest BCUT2D eigenvalue weighted by molar-refractivity contribution is 5.33. The van der Waals surface area contributed by atoms with Gasteiger partial charge in [0.05, 0.1) is 19.3 Å². The molecule has 0 bridgehead atoms. The second-order valence-electron chi connectivity index (χ2n) is 4.35. The molecule has 3 nitrogen and oxygen atoms in total. The first kappa shape index (κ1) is 14.0. The highest BCUT2D eigenvalue weighted by Crippen LogP contribution is 2.24. The van der Waals surface area contributed by atoms with Crippen LogP contribution in [0.4, 0.5) is 0 Å². The van der Waals surface area contributed by atoms with Crippen LogP contribution in [0.2, 0.25) is 0 Å². The molecule has 1 rings (SSSR count). The van der Waals surface area contributed by atoms with Crippen molar-refractivity contribution in [1.82, 2.24) is 0 Å². The predicted octanol–water partition coefficient (Wildman–Crippen LogP) is 3.38. The third kappa shape index (κ3) is 4.75. The third-order valence-electron chi connectivity index (χ3n) is 1.99. The molecular weight excluding hydrogens is 216 g/mol. The van der Waals surface area contributed by atoms with Gasteiger partial charge < -0.3 is 14.2 Å². The molecule has 0 aliphatic heterocycles. The first-order valence-electron chi connectivity index (χ1n) is 5.87. The van der Waals surface area contributed by atoms with Gasteiger partial charge in [0.2, 0.25) is 0 Å². The van der Waals surface area contributed by atoms with Gasteiger partial charge in [-0.3, -0.25) is 0 Å². The fraction of sp³-hybridized carbons (Fsp3) is 0.500. The second kappa shape index (κ2) is 6.62. The fourth-order valence-electron chi connectivity index (χ4n) is 1.34. The molecule has 0 heterocycles. The Balaban J connectivity index is 2.86. The van der Waals surface area contributed by atoms with Gasteiger partial charge in [0.1, 0.15) is 5.75 Å². The lowest BCUT2D eigenvalue weighted by molar-refractivity contribution is -0.0729. The minimum atomic E-state index is 0.0787. The highest BCUT2D eigenvalue weighted by atomic mass is 16.7. The number of hydrogen-bond acceptors (Lipinski definition) is 3. The molecule has 1 aromatic rings. The molecule has 1 radical (unpaired) electrons. The van der Waals surface area contributed by atoms with Crippen LogP contribution in [0.25, 0.3) is 0 Å². The van der Waals surface area contributed by atoms with Gasteiger partial charge in [-0.15, -0.1) is 0 Å². The number of methoxy groups -OCH3 is 1. The average molecular weight is 237 g/mol. The van der Waals surface area contributed by atoms with Crippen molar-refractivity contribution in [2.45, 2.75) is 39.9 Å². The van der Waals surface area contributed by atoms with E-state index >= 15 is 0 Å². The van der Waals surface area contributed by atoms with E-state index in [1.165, 1.54) is 0 Å². The lowest BCUT2D eigenvalue weighted by Crippen LogP contribution is -2.18. The maximum absolute atomic E-state index is 5.69. The smallest absolute Gasteiger partial charge is 0.256 e. The van der Waals surface area contributed by atoms with E-state index < -0.39 is 0 Å². The number of ether oxygens (including phenoxy) is 3. The molecule has 0 saturated carbocycles. The van der Waals surface area contributed by atoms with Crippen LogP contribution in [0, 0.1) is 6.29 Å². The van der Waals surface area contributed by atoms with E-state index in [1.54, 1.807) is 7.11 Å². The molecule has 17 heavy (non-hydrogen) atoms. The Bertz CT molecular complexity index is 324. The second-order valence-corrected chi connectivity index (χ2v) is 4.35. The third-order valence-corrected chi connectivity index (χ3v) is 1.99. The first-order chi connectivity index (χ1) is 8.02. The van der Waals surface area contributed by atoms with Crippen LogP contribution >= 0.6 is 0 Å². The first-order valence-corrected chi connectivity index (χ1v) is 5.87. The summed E-state index contributed by atoms with van der Waals surface area (Å²) in [5.41, 5.74) is 0.895. The van der Waals surface area contributed by atoms with Crippen LogP contribution in [0.15, 0.2) is 24.3 Å². The average Bonchev–Trinajstić information content (AvgIpc) is 2.27. The van der Waals surface area contributed by atoms with Gasteiger partial charge in [-0.1, -0.05) is 12.1 Å². The van der Waals surface area contributed by atoms with Crippen LogP contribution in [0.5, 0.6) is 5.75 Å². The van der Waals surface area contributed by atoms with Gasteiger partial charge in [-0.05, 0) is 39.8 Å². The maximum Gasteiger partial charge on any atom is 0.256 e. The molecule has 0 atom stereocenters. The van der Waals surface area contributed by atoms with E-state index in [-0.39, 0.29) is 12.2 Å². The van der Waals surface area contributed by atoms with Crippen LogP contribution in [0.3, 0.4) is 0 Å². The van der Waals surface area contributed by atoms with Crippen LogP contribution < -0.4 is 4.74 Å². The van der Waals surface area contributed by atoms with E-state index in [2.05, 4.69) is 0 Å². The summed E-state index contributed by atoms with van der Waals surface area (Å²) < 4.78 is 16.6. The summed E-state index contributed by atoms with van der Waals surface area (Å²) in [4.78, 5) is 0. The summed E-state index contributed by atoms with van der Waals surface area (Å²) in [6, 6.07) is 7.66. The largest absolute Gasteiger partial charge is 0.497 e. The standard InChI is InChI=1S/C14H21O3/c1-10(2)16-14(17-11(3)4)12-7-6-8-13(9-12)15-5/h6-11H,1-5H3. The molecule has 0 aromatic heterocycles. The van der Waals surface area contributed by atoms with Gasteiger partial charge in [-0.25, -0.2) is 0 Å². The zero-order valence-electron chi connectivity index (χ0n) is 11.2. The van der Waals surface area contributed by atoms with Crippen molar-refractivity contribution in [2.75, 3.05) is 7.11 Å². The Kier molecular flexibility index (Phi) is 5.45. The molecule has 0 aliphatic rings. The molecule has 0 aliphatic carbocycles. The molecule has 0 saturated heterocycles. The molecule has 3 heteroatoms. The summed E-state index contributed by atoms with van der Waals surface area (Å²) in [5, 5.41) is 0. The molecule has 0 amide bonds. The quantitative estimate of drug-likeness (QED) is 0.759. The van der Waals surface area contributed by atoms with Gasteiger partial charge in [0, 0.05) is 5.56 Å². The SMILES string of the molecule is COc1cccc([C](OC(C)C)OC(C)C)c1. The molecule has 0 unspecified atom stereocenters. The molecule has 0 spiro atoms. The Morgan fingerprint density at radius 2 is 1.59 bits per heavy atom. The molecule has 0 N–H and O–H groups in total. The molecule has 0 fully saturated rings. The van der Waals surface area contributed by atoms with E-state index in [4.69, 9.17) is 14.2 Å². The van der Waals surface area contributed by atoms with Crippen molar-refractivity contribution in [2.24, 2.45) is 0 Å². The van der Waals surface area contributed by atoms with Crippen molar-refractivity contribution in [3.8, 4) is 5.75 Å². The monoisotopic (exact) mass is 237 g/mol. The maximum atomic E-state index is 5.69. The summed E-state index contributed by atoms with van der Waals surface area (Å²) in [7, 11) is 1.64. The lowest BCUT2D eigenvalue weighted by Gasteiger charge is -2.21. The lowest BCUT2D eigenvalue weighted by atomic mass is 10.2. The Morgan fingerprint density at radius 1 is 1.00 bits per heavy atom. The zero-order chi connectivity index (χ0) is 12.8. The van der Waals surface area contributed by atoms with E-state index in [1.807, 2.05) is 52.0 Å². The van der Waals surface area contributed by atoms with Crippen LogP contribution in [-0.4, -0.2) is 19.3 Å². The summed E-state index contributed by atoms with van der Waals surface area (Å²) in [6.07, 6.45) is 0.707. The summed E-state index contributed by atoms with van der Waals surface area (Å²) in [6.45, 7) is 7.90. The minimum Gasteiger partial charge on any atom is -0.497 e. The van der Waals surface area contributed by atoms with Crippen molar-refractivity contribution in [3.05, 3.63) is 36.1 Å². The van der Waals surface area contributed by atoms with Crippen molar-refractivity contribution >= 4 is 0 Å². The normalized spacial score (nSPS) is 11.5. The van der Waals surface area contributed by atoms with Crippen LogP contribution in [0.1, 0.15) is 33.3 Å². The van der Waals surface area contributed by atoms with Gasteiger partial charge in [0.25, 0.3) is 6.29 Å². The molecular formula is C14H21O3. The van der Waals surface area contributed by atoms with E-state index in [0.29, 0.717) is 6.29 Å². The van der Waals surface area contributed by atoms with Crippen molar-refractivity contribution in [1.29, 1.82) is 0 Å². The Morgan fingerprint density at radius 3 is 2.06 bits per heavy atom. The van der Waals surface area contributed by atoms with Crippen LogP contribution in [-0.2, 0) is 9.47 Å². The van der Waals surface area contributed by atoms with Crippen molar-refractivity contribution in [3.63, 3.8) is 0 Å². The van der Waals surface area contributed by atoms with Crippen molar-refractivity contribution < 1.29 is 14.2 Å². The van der Waals surface area contributed by atoms with Gasteiger partial charge in [-0.2, -0.15) is 0 Å². The van der Waals surface area contributed by atoms with Gasteiger partial charge in [0.15, 0.2) is 0 Å². The summed E-state index contributed by atoms with van der Waals surface area (Å²) >= 11 is 0. The predicted molar refractivity (Wildman–Crippen MR) is 67.8 cm³/mol. The number of rotatable bonds is 6. The topological polar surface area (TPSA) is 27.7 Å². The van der Waals surface area contributed by atoms with Gasteiger partial charge >= 0.3 is 0 Å². The number of hydrogen-bond donors (Lipinski definition) is 0. The Labute approximate surface area is 104 Å². The fourth-order valence-corrected chi connectivity index (χ4v) is 1.34. The minimum absolute atomic E-state index is 0.0787. The molecule has 1 aromatic carbocycles. The summed E-state index contributed by atoms with van der Waals surface area (Å²) in [5.74, 6) is 0.791.